The lowest BCUT2D eigenvalue weighted by Gasteiger charge is -2.23. The number of carbonyl (C=O) groups excluding carboxylic acids is 1. The number of halogens is 1. The van der Waals surface area contributed by atoms with E-state index in [0.29, 0.717) is 5.56 Å². The van der Waals surface area contributed by atoms with E-state index < -0.39 is 0 Å². The Bertz CT molecular complexity index is 433. The lowest BCUT2D eigenvalue weighted by atomic mass is 10.1. The Hall–Kier alpha value is -0.870. The summed E-state index contributed by atoms with van der Waals surface area (Å²) >= 11 is 3.43. The summed E-state index contributed by atoms with van der Waals surface area (Å²) in [6.45, 7) is 2.79. The molecule has 1 atom stereocenters. The second-order valence-corrected chi connectivity index (χ2v) is 5.30. The zero-order chi connectivity index (χ0) is 12.4. The molecule has 1 amide bonds. The average molecular weight is 298 g/mol. The average Bonchev–Trinajstić information content (AvgIpc) is 2.80. The van der Waals surface area contributed by atoms with E-state index in [0.717, 1.165) is 29.4 Å². The van der Waals surface area contributed by atoms with Crippen molar-refractivity contribution in [2.45, 2.75) is 25.8 Å². The number of hydrogen-bond donors (Lipinski definition) is 1. The van der Waals surface area contributed by atoms with Crippen LogP contribution in [-0.4, -0.2) is 35.1 Å². The Kier molecular flexibility index (Phi) is 3.84. The van der Waals surface area contributed by atoms with E-state index >= 15 is 0 Å². The van der Waals surface area contributed by atoms with Gasteiger partial charge in [-0.3, -0.25) is 4.79 Å². The van der Waals surface area contributed by atoms with Crippen molar-refractivity contribution >= 4 is 21.8 Å². The van der Waals surface area contributed by atoms with Crippen LogP contribution in [0.5, 0.6) is 0 Å². The van der Waals surface area contributed by atoms with Crippen LogP contribution in [0.3, 0.4) is 0 Å². The second kappa shape index (κ2) is 5.19. The molecule has 1 fully saturated rings. The van der Waals surface area contributed by atoms with Crippen molar-refractivity contribution in [2.75, 3.05) is 13.2 Å². The van der Waals surface area contributed by atoms with Crippen molar-refractivity contribution in [1.82, 2.24) is 4.90 Å². The summed E-state index contributed by atoms with van der Waals surface area (Å²) in [6, 6.07) is 5.61. The first kappa shape index (κ1) is 12.6. The van der Waals surface area contributed by atoms with E-state index in [9.17, 15) is 9.90 Å². The summed E-state index contributed by atoms with van der Waals surface area (Å²) in [5, 5.41) is 9.23. The molecule has 0 spiro atoms. The molecule has 1 aromatic carbocycles. The molecule has 3 nitrogen and oxygen atoms in total. The third-order valence-electron chi connectivity index (χ3n) is 3.27. The number of aryl methyl sites for hydroxylation is 1. The Balaban J connectivity index is 2.21. The Morgan fingerprint density at radius 3 is 3.00 bits per heavy atom. The Labute approximate surface area is 110 Å². The van der Waals surface area contributed by atoms with Gasteiger partial charge in [0.2, 0.25) is 0 Å². The van der Waals surface area contributed by atoms with Gasteiger partial charge in [-0.25, -0.2) is 0 Å². The highest BCUT2D eigenvalue weighted by Crippen LogP contribution is 2.23. The van der Waals surface area contributed by atoms with Gasteiger partial charge in [0.25, 0.3) is 5.91 Å². The highest BCUT2D eigenvalue weighted by Gasteiger charge is 2.28. The zero-order valence-corrected chi connectivity index (χ0v) is 11.4. The van der Waals surface area contributed by atoms with Crippen LogP contribution < -0.4 is 0 Å². The molecule has 0 saturated carbocycles. The third-order valence-corrected chi connectivity index (χ3v) is 4.12. The lowest BCUT2D eigenvalue weighted by molar-refractivity contribution is 0.0677. The van der Waals surface area contributed by atoms with Crippen LogP contribution in [0.4, 0.5) is 0 Å². The summed E-state index contributed by atoms with van der Waals surface area (Å²) in [4.78, 5) is 14.0. The molecule has 1 heterocycles. The highest BCUT2D eigenvalue weighted by atomic mass is 79.9. The van der Waals surface area contributed by atoms with Crippen LogP contribution in [-0.2, 0) is 0 Å². The highest BCUT2D eigenvalue weighted by molar-refractivity contribution is 9.10. The van der Waals surface area contributed by atoms with E-state index in [4.69, 9.17) is 0 Å². The van der Waals surface area contributed by atoms with Crippen LogP contribution in [0.1, 0.15) is 28.8 Å². The van der Waals surface area contributed by atoms with Crippen LogP contribution in [0.2, 0.25) is 0 Å². The monoisotopic (exact) mass is 297 g/mol. The number of carbonyl (C=O) groups is 1. The van der Waals surface area contributed by atoms with Gasteiger partial charge in [-0.15, -0.1) is 0 Å². The number of nitrogens with zero attached hydrogens (tertiary/aromatic N) is 1. The Morgan fingerprint density at radius 2 is 2.35 bits per heavy atom. The maximum atomic E-state index is 12.3. The van der Waals surface area contributed by atoms with Crippen molar-refractivity contribution in [3.8, 4) is 0 Å². The summed E-state index contributed by atoms with van der Waals surface area (Å²) < 4.78 is 0.947. The van der Waals surface area contributed by atoms with Crippen molar-refractivity contribution in [3.63, 3.8) is 0 Å². The van der Waals surface area contributed by atoms with Gasteiger partial charge in [-0.05, 0) is 37.5 Å². The molecule has 1 aromatic rings. The van der Waals surface area contributed by atoms with Crippen LogP contribution >= 0.6 is 15.9 Å². The molecule has 0 radical (unpaired) electrons. The smallest absolute Gasteiger partial charge is 0.254 e. The van der Waals surface area contributed by atoms with Gasteiger partial charge < -0.3 is 10.0 Å². The quantitative estimate of drug-likeness (QED) is 0.910. The number of rotatable bonds is 2. The van der Waals surface area contributed by atoms with E-state index in [1.165, 1.54) is 0 Å². The third kappa shape index (κ3) is 2.53. The Morgan fingerprint density at radius 1 is 1.59 bits per heavy atom. The van der Waals surface area contributed by atoms with E-state index in [-0.39, 0.29) is 18.6 Å². The van der Waals surface area contributed by atoms with E-state index in [1.54, 1.807) is 4.90 Å². The number of hydrogen-bond acceptors (Lipinski definition) is 2. The summed E-state index contributed by atoms with van der Waals surface area (Å²) in [6.07, 6.45) is 1.87. The molecular weight excluding hydrogens is 282 g/mol. The molecular formula is C13H16BrNO2. The number of likely N-dealkylation sites (tertiary alicyclic amines) is 1. The molecule has 1 aliphatic heterocycles. The number of benzene rings is 1. The van der Waals surface area contributed by atoms with Crippen molar-refractivity contribution < 1.29 is 9.90 Å². The molecule has 0 bridgehead atoms. The molecule has 0 aromatic heterocycles. The fourth-order valence-corrected chi connectivity index (χ4v) is 2.56. The predicted molar refractivity (Wildman–Crippen MR) is 70.0 cm³/mol. The minimum Gasteiger partial charge on any atom is -0.394 e. The number of amides is 1. The van der Waals surface area contributed by atoms with Crippen LogP contribution in [0.25, 0.3) is 0 Å². The molecule has 0 unspecified atom stereocenters. The summed E-state index contributed by atoms with van der Waals surface area (Å²) in [5.74, 6) is 0.0160. The molecule has 1 saturated heterocycles. The van der Waals surface area contributed by atoms with Gasteiger partial charge in [0.15, 0.2) is 0 Å². The van der Waals surface area contributed by atoms with Gasteiger partial charge in [-0.2, -0.15) is 0 Å². The van der Waals surface area contributed by atoms with E-state index in [2.05, 4.69) is 15.9 Å². The zero-order valence-electron chi connectivity index (χ0n) is 9.82. The van der Waals surface area contributed by atoms with Gasteiger partial charge in [0, 0.05) is 16.6 Å². The lowest BCUT2D eigenvalue weighted by Crippen LogP contribution is -2.37. The first-order valence-electron chi connectivity index (χ1n) is 5.81. The van der Waals surface area contributed by atoms with Crippen LogP contribution in [0.15, 0.2) is 22.7 Å². The largest absolute Gasteiger partial charge is 0.394 e. The summed E-state index contributed by atoms with van der Waals surface area (Å²) in [7, 11) is 0. The van der Waals surface area contributed by atoms with Crippen LogP contribution in [0, 0.1) is 6.92 Å². The fraction of sp³-hybridized carbons (Fsp3) is 0.462. The topological polar surface area (TPSA) is 40.5 Å². The fourth-order valence-electron chi connectivity index (χ4n) is 2.18. The van der Waals surface area contributed by atoms with Crippen molar-refractivity contribution in [3.05, 3.63) is 33.8 Å². The molecule has 1 aliphatic rings. The molecule has 4 heteroatoms. The maximum absolute atomic E-state index is 12.3. The minimum absolute atomic E-state index is 0.0115. The maximum Gasteiger partial charge on any atom is 0.254 e. The van der Waals surface area contributed by atoms with Gasteiger partial charge in [0.05, 0.1) is 12.6 Å². The molecule has 1 N–H and O–H groups in total. The van der Waals surface area contributed by atoms with Gasteiger partial charge in [-0.1, -0.05) is 22.0 Å². The molecule has 2 rings (SSSR count). The second-order valence-electron chi connectivity index (χ2n) is 4.44. The first-order valence-corrected chi connectivity index (χ1v) is 6.60. The molecule has 92 valence electrons. The summed E-state index contributed by atoms with van der Waals surface area (Å²) in [5.41, 5.74) is 1.80. The number of aliphatic hydroxyl groups is 1. The van der Waals surface area contributed by atoms with Crippen molar-refractivity contribution in [1.29, 1.82) is 0 Å². The molecule has 17 heavy (non-hydrogen) atoms. The van der Waals surface area contributed by atoms with Gasteiger partial charge in [0.1, 0.15) is 0 Å². The molecule has 0 aliphatic carbocycles. The predicted octanol–water partition coefficient (Wildman–Crippen LogP) is 2.35. The standard InChI is InChI=1S/C13H16BrNO2/c1-9-4-5-10(7-12(9)14)13(17)15-6-2-3-11(15)8-16/h4-5,7,11,16H,2-3,6,8H2,1H3/t11-/m0/s1. The SMILES string of the molecule is Cc1ccc(C(=O)N2CCC[C@H]2CO)cc1Br. The minimum atomic E-state index is -0.0115. The van der Waals surface area contributed by atoms with E-state index in [1.807, 2.05) is 25.1 Å². The van der Waals surface area contributed by atoms with Gasteiger partial charge >= 0.3 is 0 Å². The normalized spacial score (nSPS) is 19.7. The number of aliphatic hydroxyl groups excluding tert-OH is 1. The first-order chi connectivity index (χ1) is 8.13. The van der Waals surface area contributed by atoms with Crippen molar-refractivity contribution in [2.24, 2.45) is 0 Å².